The largest absolute Gasteiger partial charge is 0.362 e. The van der Waals surface area contributed by atoms with E-state index in [1.807, 2.05) is 18.7 Å². The first-order valence-electron chi connectivity index (χ1n) is 6.47. The minimum absolute atomic E-state index is 0.219. The van der Waals surface area contributed by atoms with Crippen LogP contribution < -0.4 is 5.32 Å². The summed E-state index contributed by atoms with van der Waals surface area (Å²) >= 11 is 1.86. The van der Waals surface area contributed by atoms with Crippen LogP contribution in [0.4, 0.5) is 5.82 Å². The van der Waals surface area contributed by atoms with Crippen LogP contribution in [0.5, 0.6) is 0 Å². The quantitative estimate of drug-likeness (QED) is 0.833. The fourth-order valence-electron chi connectivity index (χ4n) is 1.86. The van der Waals surface area contributed by atoms with Crippen LogP contribution in [-0.2, 0) is 0 Å². The van der Waals surface area contributed by atoms with Crippen LogP contribution in [-0.4, -0.2) is 15.7 Å². The number of nitrogens with one attached hydrogen (secondary N) is 1. The summed E-state index contributed by atoms with van der Waals surface area (Å²) in [5, 5.41) is 3.37. The van der Waals surface area contributed by atoms with Crippen molar-refractivity contribution in [2.75, 3.05) is 11.1 Å². The number of aromatic nitrogens is 2. The van der Waals surface area contributed by atoms with Gasteiger partial charge in [0.15, 0.2) is 0 Å². The molecule has 100 valence electrons. The van der Waals surface area contributed by atoms with Crippen molar-refractivity contribution in [2.24, 2.45) is 0 Å². The van der Waals surface area contributed by atoms with Crippen molar-refractivity contribution in [3.8, 4) is 0 Å². The summed E-state index contributed by atoms with van der Waals surface area (Å²) in [6, 6.07) is 8.89. The summed E-state index contributed by atoms with van der Waals surface area (Å²) in [5.41, 5.74) is 2.18. The van der Waals surface area contributed by atoms with Crippen LogP contribution in [0.15, 0.2) is 41.6 Å². The zero-order valence-corrected chi connectivity index (χ0v) is 12.4. The average Bonchev–Trinajstić information content (AvgIpc) is 2.40. The molecule has 0 amide bonds. The third-order valence-electron chi connectivity index (χ3n) is 2.81. The summed E-state index contributed by atoms with van der Waals surface area (Å²) in [5.74, 6) is 1.92. The van der Waals surface area contributed by atoms with Gasteiger partial charge in [0, 0.05) is 17.1 Å². The molecule has 1 aromatic heterocycles. The van der Waals surface area contributed by atoms with E-state index in [4.69, 9.17) is 0 Å². The Balaban J connectivity index is 2.05. The van der Waals surface area contributed by atoms with E-state index in [2.05, 4.69) is 53.4 Å². The van der Waals surface area contributed by atoms with Crippen LogP contribution in [0.3, 0.4) is 0 Å². The Morgan fingerprint density at radius 2 is 1.95 bits per heavy atom. The highest BCUT2D eigenvalue weighted by atomic mass is 32.2. The number of rotatable bonds is 5. The Kier molecular flexibility index (Phi) is 4.80. The van der Waals surface area contributed by atoms with Crippen LogP contribution in [0.2, 0.25) is 0 Å². The van der Waals surface area contributed by atoms with Crippen molar-refractivity contribution in [1.82, 2.24) is 9.97 Å². The molecule has 0 bridgehead atoms. The van der Waals surface area contributed by atoms with Gasteiger partial charge in [0.25, 0.3) is 0 Å². The van der Waals surface area contributed by atoms with Crippen LogP contribution >= 0.6 is 11.8 Å². The van der Waals surface area contributed by atoms with Crippen molar-refractivity contribution < 1.29 is 0 Å². The van der Waals surface area contributed by atoms with Crippen molar-refractivity contribution in [3.05, 3.63) is 47.9 Å². The van der Waals surface area contributed by atoms with E-state index in [9.17, 15) is 0 Å². The van der Waals surface area contributed by atoms with E-state index < -0.39 is 0 Å². The van der Waals surface area contributed by atoms with Gasteiger partial charge in [0.2, 0.25) is 0 Å². The molecule has 4 heteroatoms. The summed E-state index contributed by atoms with van der Waals surface area (Å²) in [7, 11) is 0. The van der Waals surface area contributed by atoms with Crippen molar-refractivity contribution >= 4 is 17.6 Å². The summed E-state index contributed by atoms with van der Waals surface area (Å²) in [4.78, 5) is 9.86. The van der Waals surface area contributed by atoms with Gasteiger partial charge >= 0.3 is 0 Å². The number of anilines is 1. The van der Waals surface area contributed by atoms with E-state index in [1.165, 1.54) is 10.5 Å². The monoisotopic (exact) mass is 273 g/mol. The molecule has 1 unspecified atom stereocenters. The van der Waals surface area contributed by atoms with E-state index in [-0.39, 0.29) is 6.04 Å². The molecule has 0 aliphatic heterocycles. The molecule has 1 heterocycles. The first-order chi connectivity index (χ1) is 9.19. The minimum Gasteiger partial charge on any atom is -0.362 e. The predicted molar refractivity (Wildman–Crippen MR) is 81.6 cm³/mol. The molecule has 0 radical (unpaired) electrons. The van der Waals surface area contributed by atoms with Gasteiger partial charge in [0.1, 0.15) is 5.82 Å². The Hall–Kier alpha value is -1.55. The number of nitrogens with zero attached hydrogens (tertiary/aromatic N) is 2. The number of hydrogen-bond acceptors (Lipinski definition) is 4. The second-order valence-electron chi connectivity index (χ2n) is 4.41. The molecule has 0 fully saturated rings. The molecule has 0 saturated heterocycles. The maximum atomic E-state index is 4.41. The molecule has 1 aromatic carbocycles. The molecule has 2 aromatic rings. The van der Waals surface area contributed by atoms with Crippen LogP contribution in [0, 0.1) is 6.92 Å². The zero-order chi connectivity index (χ0) is 13.7. The third-order valence-corrected chi connectivity index (χ3v) is 3.70. The first kappa shape index (κ1) is 13.9. The predicted octanol–water partition coefficient (Wildman–Crippen LogP) is 4.07. The van der Waals surface area contributed by atoms with Crippen molar-refractivity contribution in [2.45, 2.75) is 31.7 Å². The smallest absolute Gasteiger partial charge is 0.145 e. The summed E-state index contributed by atoms with van der Waals surface area (Å²) in [6.45, 7) is 6.24. The lowest BCUT2D eigenvalue weighted by molar-refractivity contribution is 0.866. The fourth-order valence-corrected chi connectivity index (χ4v) is 2.52. The molecular weight excluding hydrogens is 254 g/mol. The lowest BCUT2D eigenvalue weighted by atomic mass is 10.1. The first-order valence-corrected chi connectivity index (χ1v) is 7.45. The van der Waals surface area contributed by atoms with Crippen LogP contribution in [0.25, 0.3) is 0 Å². The highest BCUT2D eigenvalue weighted by Crippen LogP contribution is 2.22. The number of benzene rings is 1. The fraction of sp³-hybridized carbons (Fsp3) is 0.333. The third kappa shape index (κ3) is 3.96. The molecular formula is C15H19N3S. The topological polar surface area (TPSA) is 37.8 Å². The van der Waals surface area contributed by atoms with E-state index in [0.717, 1.165) is 17.3 Å². The van der Waals surface area contributed by atoms with Gasteiger partial charge in [-0.1, -0.05) is 19.1 Å². The van der Waals surface area contributed by atoms with Gasteiger partial charge in [-0.2, -0.15) is 0 Å². The molecule has 3 nitrogen and oxygen atoms in total. The molecule has 0 aliphatic rings. The zero-order valence-electron chi connectivity index (χ0n) is 11.6. The van der Waals surface area contributed by atoms with Gasteiger partial charge in [-0.05, 0) is 37.3 Å². The van der Waals surface area contributed by atoms with Gasteiger partial charge in [0.05, 0.1) is 11.9 Å². The summed E-state index contributed by atoms with van der Waals surface area (Å²) in [6.07, 6.45) is 3.51. The lowest BCUT2D eigenvalue weighted by Gasteiger charge is -2.15. The Morgan fingerprint density at radius 1 is 1.21 bits per heavy atom. The van der Waals surface area contributed by atoms with Gasteiger partial charge < -0.3 is 5.32 Å². The van der Waals surface area contributed by atoms with Gasteiger partial charge in [-0.3, -0.25) is 4.98 Å². The Bertz CT molecular complexity index is 525. The van der Waals surface area contributed by atoms with E-state index >= 15 is 0 Å². The molecule has 1 atom stereocenters. The number of thioether (sulfide) groups is 1. The molecule has 0 aliphatic carbocycles. The van der Waals surface area contributed by atoms with Crippen molar-refractivity contribution in [1.29, 1.82) is 0 Å². The highest BCUT2D eigenvalue weighted by molar-refractivity contribution is 7.99. The van der Waals surface area contributed by atoms with E-state index in [1.54, 1.807) is 12.4 Å². The maximum absolute atomic E-state index is 4.41. The number of aryl methyl sites for hydroxylation is 1. The lowest BCUT2D eigenvalue weighted by Crippen LogP contribution is -2.08. The molecule has 1 N–H and O–H groups in total. The number of hydrogen-bond donors (Lipinski definition) is 1. The normalized spacial score (nSPS) is 12.2. The standard InChI is InChI=1S/C15H19N3S/c1-4-19-14-7-5-13(6-8-14)12(3)18-15-10-16-9-11(2)17-15/h5-10,12H,4H2,1-3H3,(H,17,18). The molecule has 2 rings (SSSR count). The Morgan fingerprint density at radius 3 is 2.58 bits per heavy atom. The average molecular weight is 273 g/mol. The SMILES string of the molecule is CCSc1ccc(C(C)Nc2cncc(C)n2)cc1. The van der Waals surface area contributed by atoms with E-state index in [0.29, 0.717) is 0 Å². The minimum atomic E-state index is 0.219. The second kappa shape index (κ2) is 6.57. The molecule has 0 saturated carbocycles. The van der Waals surface area contributed by atoms with Gasteiger partial charge in [-0.25, -0.2) is 4.98 Å². The highest BCUT2D eigenvalue weighted by Gasteiger charge is 2.06. The van der Waals surface area contributed by atoms with Gasteiger partial charge in [-0.15, -0.1) is 11.8 Å². The summed E-state index contributed by atoms with van der Waals surface area (Å²) < 4.78 is 0. The second-order valence-corrected chi connectivity index (χ2v) is 5.75. The van der Waals surface area contributed by atoms with Crippen molar-refractivity contribution in [3.63, 3.8) is 0 Å². The molecule has 0 spiro atoms. The Labute approximate surface area is 118 Å². The van der Waals surface area contributed by atoms with Crippen LogP contribution in [0.1, 0.15) is 31.1 Å². The maximum Gasteiger partial charge on any atom is 0.145 e. The molecule has 19 heavy (non-hydrogen) atoms.